The highest BCUT2D eigenvalue weighted by Crippen LogP contribution is 2.53. The van der Waals surface area contributed by atoms with Gasteiger partial charge in [0, 0.05) is 23.9 Å². The van der Waals surface area contributed by atoms with Gasteiger partial charge in [-0.2, -0.15) is 10.2 Å². The molecule has 182 valence electrons. The topological polar surface area (TPSA) is 107 Å². The second kappa shape index (κ2) is 8.16. The van der Waals surface area contributed by atoms with E-state index >= 15 is 0 Å². The van der Waals surface area contributed by atoms with Gasteiger partial charge in [0.05, 0.1) is 34.2 Å². The van der Waals surface area contributed by atoms with Crippen LogP contribution in [0.25, 0.3) is 28.2 Å². The van der Waals surface area contributed by atoms with Crippen molar-refractivity contribution in [1.29, 1.82) is 0 Å². The minimum absolute atomic E-state index is 0.262. The van der Waals surface area contributed by atoms with Crippen LogP contribution in [0.5, 0.6) is 0 Å². The third-order valence-electron chi connectivity index (χ3n) is 6.23. The third-order valence-corrected chi connectivity index (χ3v) is 6.23. The Morgan fingerprint density at radius 3 is 2.67 bits per heavy atom. The summed E-state index contributed by atoms with van der Waals surface area (Å²) in [6.45, 7) is 3.49. The second-order valence-corrected chi connectivity index (χ2v) is 8.93. The predicted molar refractivity (Wildman–Crippen MR) is 129 cm³/mol. The summed E-state index contributed by atoms with van der Waals surface area (Å²) in [6, 6.07) is 13.6. The zero-order valence-electron chi connectivity index (χ0n) is 19.5. The molecule has 9 nitrogen and oxygen atoms in total. The first-order valence-corrected chi connectivity index (χ1v) is 11.5. The number of nitrogens with one attached hydrogen (secondary N) is 1. The van der Waals surface area contributed by atoms with Gasteiger partial charge in [-0.25, -0.2) is 18.7 Å². The summed E-state index contributed by atoms with van der Waals surface area (Å²) >= 11 is 0. The third kappa shape index (κ3) is 3.87. The maximum absolute atomic E-state index is 13.8. The molecule has 5 aromatic rings. The summed E-state index contributed by atoms with van der Waals surface area (Å²) in [5.74, 6) is -1.63. The number of hydrogen-bond acceptors (Lipinski definition) is 7. The molecule has 1 aromatic carbocycles. The van der Waals surface area contributed by atoms with Crippen molar-refractivity contribution in [1.82, 2.24) is 34.5 Å². The first-order chi connectivity index (χ1) is 17.3. The highest BCUT2D eigenvalue weighted by Gasteiger charge is 2.59. The maximum Gasteiger partial charge on any atom is 0.272 e. The highest BCUT2D eigenvalue weighted by molar-refractivity contribution is 5.82. The van der Waals surface area contributed by atoms with Crippen LogP contribution in [0.3, 0.4) is 0 Å². The van der Waals surface area contributed by atoms with Crippen LogP contribution < -0.4 is 5.32 Å². The molecular formula is C25H22F2N8O. The Hall–Kier alpha value is -4.25. The molecule has 1 aliphatic carbocycles. The van der Waals surface area contributed by atoms with Crippen molar-refractivity contribution in [3.63, 3.8) is 0 Å². The Morgan fingerprint density at radius 2 is 1.94 bits per heavy atom. The first-order valence-electron chi connectivity index (χ1n) is 11.5. The number of aromatic nitrogens is 7. The number of fused-ring (bicyclic) bond motifs is 1. The smallest absolute Gasteiger partial charge is 0.272 e. The number of imidazole rings is 1. The summed E-state index contributed by atoms with van der Waals surface area (Å²) in [4.78, 5) is 9.29. The van der Waals surface area contributed by atoms with Gasteiger partial charge in [-0.05, 0) is 56.3 Å². The van der Waals surface area contributed by atoms with Crippen LogP contribution >= 0.6 is 0 Å². The Kier molecular flexibility index (Phi) is 5.04. The minimum Gasteiger partial charge on any atom is -0.389 e. The van der Waals surface area contributed by atoms with Gasteiger partial charge in [0.25, 0.3) is 5.92 Å². The number of rotatable bonds is 6. The van der Waals surface area contributed by atoms with Crippen LogP contribution in [0.4, 0.5) is 20.3 Å². The van der Waals surface area contributed by atoms with Crippen molar-refractivity contribution >= 4 is 22.5 Å². The molecule has 0 amide bonds. The number of hydrogen-bond donors (Lipinski definition) is 2. The van der Waals surface area contributed by atoms with E-state index in [0.29, 0.717) is 28.6 Å². The summed E-state index contributed by atoms with van der Waals surface area (Å²) in [5, 5.41) is 25.9. The van der Waals surface area contributed by atoms with Gasteiger partial charge < -0.3 is 10.4 Å². The van der Waals surface area contributed by atoms with Crippen molar-refractivity contribution < 1.29 is 13.9 Å². The molecule has 2 N–H and O–H groups in total. The summed E-state index contributed by atoms with van der Waals surface area (Å²) in [7, 11) is 0. The fourth-order valence-corrected chi connectivity index (χ4v) is 4.24. The Bertz CT molecular complexity index is 1580. The minimum atomic E-state index is -2.79. The van der Waals surface area contributed by atoms with E-state index < -0.39 is 18.1 Å². The Balaban J connectivity index is 1.38. The van der Waals surface area contributed by atoms with E-state index in [4.69, 9.17) is 4.98 Å². The number of aliphatic hydroxyl groups is 1. The zero-order chi connectivity index (χ0) is 25.0. The van der Waals surface area contributed by atoms with Crippen LogP contribution in [-0.2, 0) is 0 Å². The first kappa shape index (κ1) is 22.2. The van der Waals surface area contributed by atoms with Gasteiger partial charge >= 0.3 is 0 Å². The van der Waals surface area contributed by atoms with Crippen molar-refractivity contribution in [2.45, 2.75) is 38.3 Å². The van der Waals surface area contributed by atoms with Crippen LogP contribution in [0, 0.1) is 6.92 Å². The maximum atomic E-state index is 13.8. The van der Waals surface area contributed by atoms with E-state index in [1.807, 2.05) is 41.8 Å². The van der Waals surface area contributed by atoms with Crippen LogP contribution in [-0.4, -0.2) is 45.5 Å². The van der Waals surface area contributed by atoms with Crippen molar-refractivity contribution in [3.8, 4) is 17.2 Å². The Morgan fingerprint density at radius 1 is 1.11 bits per heavy atom. The monoisotopic (exact) mass is 488 g/mol. The van der Waals surface area contributed by atoms with Gasteiger partial charge in [-0.3, -0.25) is 9.25 Å². The number of halogens is 2. The molecule has 2 atom stereocenters. The number of nitrogens with zero attached hydrogens (tertiary/aromatic N) is 7. The summed E-state index contributed by atoms with van der Waals surface area (Å²) in [5.41, 5.74) is 4.53. The molecule has 4 aromatic heterocycles. The fraction of sp³-hybridized carbons (Fsp3) is 0.240. The number of anilines is 2. The molecule has 1 fully saturated rings. The van der Waals surface area contributed by atoms with Crippen LogP contribution in [0.15, 0.2) is 61.1 Å². The largest absolute Gasteiger partial charge is 0.389 e. The lowest BCUT2D eigenvalue weighted by Crippen LogP contribution is -2.09. The molecular weight excluding hydrogens is 466 g/mol. The lowest BCUT2D eigenvalue weighted by Gasteiger charge is -2.15. The summed E-state index contributed by atoms with van der Waals surface area (Å²) in [6.07, 6.45) is 2.02. The lowest BCUT2D eigenvalue weighted by atomic mass is 10.1. The molecule has 11 heteroatoms. The van der Waals surface area contributed by atoms with Crippen molar-refractivity contribution in [3.05, 3.63) is 72.3 Å². The molecule has 0 saturated heterocycles. The van der Waals surface area contributed by atoms with E-state index in [0.717, 1.165) is 22.4 Å². The van der Waals surface area contributed by atoms with E-state index in [1.54, 1.807) is 31.5 Å². The average molecular weight is 489 g/mol. The zero-order valence-corrected chi connectivity index (χ0v) is 19.5. The SMILES string of the molecule is Cc1ccc(Nc2ccc3c(c2)ncn3-c2ccc(C(C)O)c(-c3ccnn3C3CC3(F)F)n2)nn1. The van der Waals surface area contributed by atoms with Gasteiger partial charge in [0.15, 0.2) is 5.82 Å². The molecule has 6 rings (SSSR count). The molecule has 36 heavy (non-hydrogen) atoms. The number of alkyl halides is 2. The Labute approximate surface area is 204 Å². The molecule has 4 heterocycles. The van der Waals surface area contributed by atoms with Gasteiger partial charge in [0.1, 0.15) is 18.2 Å². The lowest BCUT2D eigenvalue weighted by molar-refractivity contribution is 0.0986. The quantitative estimate of drug-likeness (QED) is 0.355. The van der Waals surface area contributed by atoms with Gasteiger partial charge in [0.2, 0.25) is 0 Å². The van der Waals surface area contributed by atoms with E-state index in [2.05, 4.69) is 25.6 Å². The second-order valence-electron chi connectivity index (χ2n) is 8.93. The molecule has 0 bridgehead atoms. The van der Waals surface area contributed by atoms with Gasteiger partial charge in [-0.15, -0.1) is 5.10 Å². The fourth-order valence-electron chi connectivity index (χ4n) is 4.24. The molecule has 1 saturated carbocycles. The number of pyridine rings is 1. The standard InChI is InChI=1S/C25H22F2N8O/c1-14-3-7-22(33-32-14)30-16-4-6-19-18(11-16)28-13-34(19)23-8-5-17(15(2)36)24(31-23)20-9-10-29-35(20)21-12-25(21,26)27/h3-11,13,15,21,36H,12H2,1-2H3,(H,30,33). The summed E-state index contributed by atoms with van der Waals surface area (Å²) < 4.78 is 30.8. The van der Waals surface area contributed by atoms with Crippen molar-refractivity contribution in [2.24, 2.45) is 0 Å². The van der Waals surface area contributed by atoms with Crippen LogP contribution in [0.1, 0.15) is 36.7 Å². The number of benzene rings is 1. The number of aliphatic hydroxyl groups excluding tert-OH is 1. The molecule has 0 radical (unpaired) electrons. The van der Waals surface area contributed by atoms with Gasteiger partial charge in [-0.1, -0.05) is 6.07 Å². The number of aryl methyl sites for hydroxylation is 1. The predicted octanol–water partition coefficient (Wildman–Crippen LogP) is 4.76. The van der Waals surface area contributed by atoms with E-state index in [9.17, 15) is 13.9 Å². The van der Waals surface area contributed by atoms with Crippen LogP contribution in [0.2, 0.25) is 0 Å². The normalized spacial score (nSPS) is 17.3. The molecule has 0 spiro atoms. The van der Waals surface area contributed by atoms with E-state index in [-0.39, 0.29) is 6.42 Å². The molecule has 0 aliphatic heterocycles. The molecule has 2 unspecified atom stereocenters. The van der Waals surface area contributed by atoms with Crippen molar-refractivity contribution in [2.75, 3.05) is 5.32 Å². The molecule has 1 aliphatic rings. The highest BCUT2D eigenvalue weighted by atomic mass is 19.3. The average Bonchev–Trinajstić information content (AvgIpc) is 3.22. The van der Waals surface area contributed by atoms with E-state index in [1.165, 1.54) is 10.9 Å².